The number of thiazole rings is 2. The fraction of sp³-hybridized carbons (Fsp3) is 0.348. The van der Waals surface area contributed by atoms with E-state index in [2.05, 4.69) is 20.0 Å². The number of nitrogens with one attached hydrogen (secondary N) is 1. The number of benzene rings is 2. The van der Waals surface area contributed by atoms with E-state index in [0.717, 1.165) is 77.9 Å². The lowest BCUT2D eigenvalue weighted by molar-refractivity contribution is 0.0527. The molecule has 8 aromatic rings. The van der Waals surface area contributed by atoms with Crippen LogP contribution in [0.1, 0.15) is 40.5 Å². The fourth-order valence-electron chi connectivity index (χ4n) is 8.70. The first-order valence-corrected chi connectivity index (χ1v) is 23.1. The molecule has 0 unspecified atom stereocenters. The first-order chi connectivity index (χ1) is 30.9. The molecule has 63 heavy (non-hydrogen) atoms. The van der Waals surface area contributed by atoms with Crippen molar-refractivity contribution in [2.75, 3.05) is 95.2 Å². The molecule has 1 N–H and O–H groups in total. The van der Waals surface area contributed by atoms with Crippen LogP contribution in [0, 0.1) is 0 Å². The van der Waals surface area contributed by atoms with Crippen LogP contribution in [-0.4, -0.2) is 121 Å². The van der Waals surface area contributed by atoms with Gasteiger partial charge in [-0.3, -0.25) is 23.2 Å². The highest BCUT2D eigenvalue weighted by Crippen LogP contribution is 2.33. The number of pyridine rings is 4. The van der Waals surface area contributed by atoms with Crippen molar-refractivity contribution in [2.24, 2.45) is 0 Å². The van der Waals surface area contributed by atoms with Gasteiger partial charge in [-0.1, -0.05) is 24.3 Å². The molecule has 11 rings (SSSR count). The third-order valence-electron chi connectivity index (χ3n) is 11.8. The van der Waals surface area contributed by atoms with Gasteiger partial charge in [0.05, 0.1) is 64.2 Å². The van der Waals surface area contributed by atoms with Crippen molar-refractivity contribution in [2.45, 2.75) is 19.8 Å². The number of morpholine rings is 2. The van der Waals surface area contributed by atoms with Crippen molar-refractivity contribution in [3.05, 3.63) is 104 Å². The fourth-order valence-corrected chi connectivity index (χ4v) is 11.1. The number of fused-ring (bicyclic) bond motifs is 10. The number of rotatable bonds is 8. The maximum Gasteiger partial charge on any atom is 0.345 e. The lowest BCUT2D eigenvalue weighted by Crippen LogP contribution is -2.37. The lowest BCUT2D eigenvalue weighted by atomic mass is 10.1. The second-order valence-electron chi connectivity index (χ2n) is 15.6. The van der Waals surface area contributed by atoms with Crippen LogP contribution < -0.4 is 26.0 Å². The quantitative estimate of drug-likeness (QED) is 0.184. The zero-order valence-corrected chi connectivity index (χ0v) is 36.5. The predicted octanol–water partition coefficient (Wildman–Crippen LogP) is 5.80. The maximum absolute atomic E-state index is 13.6. The summed E-state index contributed by atoms with van der Waals surface area (Å²) in [5, 5.41) is 3.87. The number of ether oxygens (including phenoxy) is 3. The molecule has 3 aliphatic heterocycles. The SMILES string of the molecule is CCOC(=O)c1c(=O)c2ccc(N3CCOCC3)nc2n2c1sc1ccccc12.O=C(NCCN1CCCC1)c1c(=O)c2ccc(N3CCOCC3)nc2n2c1sc1ccccc12. The maximum atomic E-state index is 13.6. The highest BCUT2D eigenvalue weighted by Gasteiger charge is 2.26. The summed E-state index contributed by atoms with van der Waals surface area (Å²) < 4.78 is 22.0. The zero-order valence-electron chi connectivity index (χ0n) is 34.8. The van der Waals surface area contributed by atoms with Gasteiger partial charge in [0.2, 0.25) is 10.9 Å². The molecule has 17 heteroatoms. The van der Waals surface area contributed by atoms with Crippen LogP contribution in [0.15, 0.2) is 82.4 Å². The summed E-state index contributed by atoms with van der Waals surface area (Å²) in [5.74, 6) is 0.711. The molecule has 0 atom stereocenters. The number of hydrogen-bond donors (Lipinski definition) is 1. The molecule has 0 radical (unpaired) electrons. The number of amides is 1. The Bertz CT molecular complexity index is 3160. The van der Waals surface area contributed by atoms with Gasteiger partial charge < -0.3 is 34.2 Å². The third kappa shape index (κ3) is 7.67. The predicted molar refractivity (Wildman–Crippen MR) is 249 cm³/mol. The molecule has 324 valence electrons. The van der Waals surface area contributed by atoms with E-state index < -0.39 is 5.97 Å². The highest BCUT2D eigenvalue weighted by molar-refractivity contribution is 7.24. The Morgan fingerprint density at radius 3 is 1.68 bits per heavy atom. The van der Waals surface area contributed by atoms with Crippen LogP contribution in [0.3, 0.4) is 0 Å². The molecule has 1 amide bonds. The van der Waals surface area contributed by atoms with Crippen molar-refractivity contribution in [3.63, 3.8) is 0 Å². The van der Waals surface area contributed by atoms with Crippen molar-refractivity contribution < 1.29 is 23.8 Å². The number of carbonyl (C=O) groups excluding carboxylic acids is 2. The summed E-state index contributed by atoms with van der Waals surface area (Å²) in [7, 11) is 0. The first kappa shape index (κ1) is 41.1. The Balaban J connectivity index is 0.000000152. The molecule has 0 spiro atoms. The first-order valence-electron chi connectivity index (χ1n) is 21.5. The summed E-state index contributed by atoms with van der Waals surface area (Å²) in [6.07, 6.45) is 2.42. The second-order valence-corrected chi connectivity index (χ2v) is 17.7. The van der Waals surface area contributed by atoms with Crippen molar-refractivity contribution in [1.29, 1.82) is 0 Å². The number of nitrogens with zero attached hydrogens (tertiary/aromatic N) is 7. The molecule has 2 aromatic carbocycles. The van der Waals surface area contributed by atoms with E-state index >= 15 is 0 Å². The molecule has 15 nitrogen and oxygen atoms in total. The second kappa shape index (κ2) is 17.7. The number of carbonyl (C=O) groups is 2. The number of hydrogen-bond acceptors (Lipinski definition) is 14. The van der Waals surface area contributed by atoms with Crippen LogP contribution in [0.25, 0.3) is 52.2 Å². The van der Waals surface area contributed by atoms with Gasteiger partial charge in [-0.25, -0.2) is 14.8 Å². The molecule has 3 fully saturated rings. The van der Waals surface area contributed by atoms with Gasteiger partial charge in [-0.15, -0.1) is 22.7 Å². The molecule has 0 aliphatic carbocycles. The van der Waals surface area contributed by atoms with Crippen molar-refractivity contribution in [1.82, 2.24) is 29.0 Å². The minimum atomic E-state index is -0.597. The van der Waals surface area contributed by atoms with Crippen LogP contribution in [0.5, 0.6) is 0 Å². The van der Waals surface area contributed by atoms with Crippen LogP contribution in [-0.2, 0) is 14.2 Å². The number of para-hydroxylation sites is 2. The summed E-state index contributed by atoms with van der Waals surface area (Å²) >= 11 is 2.87. The van der Waals surface area contributed by atoms with Crippen LogP contribution >= 0.6 is 22.7 Å². The van der Waals surface area contributed by atoms with E-state index in [-0.39, 0.29) is 34.5 Å². The Labute approximate surface area is 369 Å². The van der Waals surface area contributed by atoms with E-state index in [4.69, 9.17) is 24.2 Å². The molecule has 0 saturated carbocycles. The van der Waals surface area contributed by atoms with Gasteiger partial charge in [-0.2, -0.15) is 0 Å². The number of aromatic nitrogens is 4. The minimum Gasteiger partial charge on any atom is -0.462 e. The Morgan fingerprint density at radius 2 is 1.16 bits per heavy atom. The third-order valence-corrected chi connectivity index (χ3v) is 14.1. The Hall–Kier alpha value is -5.98. The monoisotopic (exact) mass is 886 g/mol. The van der Waals surface area contributed by atoms with E-state index in [1.54, 1.807) is 13.0 Å². The zero-order chi connectivity index (χ0) is 43.0. The summed E-state index contributed by atoms with van der Waals surface area (Å²) in [6, 6.07) is 23.1. The van der Waals surface area contributed by atoms with Gasteiger partial charge >= 0.3 is 5.97 Å². The van der Waals surface area contributed by atoms with Crippen LogP contribution in [0.4, 0.5) is 11.6 Å². The molecular weight excluding hydrogens is 841 g/mol. The standard InChI is InChI=1S/C25H27N5O3S.C21H19N3O4S/c31-22-17-7-8-20(29-13-15-33-16-14-29)27-23(17)30-18-5-1-2-6-19(18)34-25(30)21(22)24(32)26-9-12-28-10-3-4-11-28;1-2-28-21(26)17-18(25)13-7-8-16(23-9-11-27-12-10-23)22-19(13)24-14-5-3-4-6-15(14)29-20(17)24/h1-2,5-8H,3-4,9-16H2,(H,26,32);3-8H,2,9-12H2,1H3. The van der Waals surface area contributed by atoms with Crippen molar-refractivity contribution >= 4 is 98.3 Å². The van der Waals surface area contributed by atoms with Gasteiger partial charge in [-0.05, 0) is 81.4 Å². The number of esters is 1. The summed E-state index contributed by atoms with van der Waals surface area (Å²) in [4.78, 5) is 70.5. The minimum absolute atomic E-state index is 0.0708. The molecule has 3 aliphatic rings. The smallest absolute Gasteiger partial charge is 0.345 e. The Kier molecular flexibility index (Phi) is 11.5. The Morgan fingerprint density at radius 1 is 0.667 bits per heavy atom. The lowest BCUT2D eigenvalue weighted by Gasteiger charge is -2.28. The van der Waals surface area contributed by atoms with Gasteiger partial charge in [0, 0.05) is 39.3 Å². The normalized spacial score (nSPS) is 16.1. The summed E-state index contributed by atoms with van der Waals surface area (Å²) in [6.45, 7) is 11.1. The topological polar surface area (TPSA) is 152 Å². The molecule has 0 bridgehead atoms. The highest BCUT2D eigenvalue weighted by atomic mass is 32.1. The van der Waals surface area contributed by atoms with Gasteiger partial charge in [0.15, 0.2) is 11.3 Å². The van der Waals surface area contributed by atoms with Gasteiger partial charge in [0.1, 0.15) is 32.4 Å². The average Bonchev–Trinajstić information content (AvgIpc) is 4.08. The molecule has 3 saturated heterocycles. The van der Waals surface area contributed by atoms with E-state index in [9.17, 15) is 19.2 Å². The molecular formula is C46H46N8O7S2. The van der Waals surface area contributed by atoms with E-state index in [1.807, 2.05) is 75.5 Å². The number of likely N-dealkylation sites (tertiary alicyclic amines) is 1. The largest absolute Gasteiger partial charge is 0.462 e. The number of anilines is 2. The average molecular weight is 887 g/mol. The van der Waals surface area contributed by atoms with Crippen LogP contribution in [0.2, 0.25) is 0 Å². The molecule has 9 heterocycles. The van der Waals surface area contributed by atoms with E-state index in [0.29, 0.717) is 64.7 Å². The van der Waals surface area contributed by atoms with Crippen molar-refractivity contribution in [3.8, 4) is 0 Å². The van der Waals surface area contributed by atoms with Gasteiger partial charge in [0.25, 0.3) is 5.91 Å². The molecule has 6 aromatic heterocycles. The van der Waals surface area contributed by atoms with E-state index in [1.165, 1.54) is 35.5 Å². The summed E-state index contributed by atoms with van der Waals surface area (Å²) in [5.41, 5.74) is 2.68.